The van der Waals surface area contributed by atoms with Gasteiger partial charge in [0.25, 0.3) is 0 Å². The average molecular weight is 483 g/mol. The third kappa shape index (κ3) is 4.21. The first-order chi connectivity index (χ1) is 15.2. The number of hydrogen-bond donors (Lipinski definition) is 2. The summed E-state index contributed by atoms with van der Waals surface area (Å²) in [7, 11) is 0. The third-order valence-corrected chi connectivity index (χ3v) is 6.11. The van der Waals surface area contributed by atoms with Crippen LogP contribution in [0.2, 0.25) is 0 Å². The highest BCUT2D eigenvalue weighted by Crippen LogP contribution is 2.34. The lowest BCUT2D eigenvalue weighted by atomic mass is 10.0. The van der Waals surface area contributed by atoms with Crippen LogP contribution in [-0.4, -0.2) is 66.1 Å². The van der Waals surface area contributed by atoms with Crippen molar-refractivity contribution in [2.45, 2.75) is 6.04 Å². The quantitative estimate of drug-likeness (QED) is 0.583. The van der Waals surface area contributed by atoms with E-state index >= 15 is 0 Å². The number of carbonyl (C=O) groups is 1. The second-order valence-electron chi connectivity index (χ2n) is 7.58. The van der Waals surface area contributed by atoms with Crippen molar-refractivity contribution in [2.24, 2.45) is 4.99 Å². The first-order valence-corrected chi connectivity index (χ1v) is 11.1. The molecule has 9 heteroatoms. The summed E-state index contributed by atoms with van der Waals surface area (Å²) in [6.45, 7) is 4.82. The standard InChI is InChI=1S/C22H23BrN6O2/c23-16-3-1-2-15(12-16)20-21(24-6-7-28-8-10-31-11-9-28)27-22(30)29(20)17-4-5-18-19(13-17)26-14-25-18/h1-5,12-14,20H,6-11H2,(H,25,26)(H,24,27,30). The number of fused-ring (bicyclic) bond motifs is 1. The lowest BCUT2D eigenvalue weighted by Crippen LogP contribution is -2.38. The van der Waals surface area contributed by atoms with Gasteiger partial charge in [0.2, 0.25) is 0 Å². The number of rotatable bonds is 5. The second kappa shape index (κ2) is 8.78. The number of hydrogen-bond acceptors (Lipinski definition) is 5. The topological polar surface area (TPSA) is 85.8 Å². The number of imidazole rings is 1. The predicted octanol–water partition coefficient (Wildman–Crippen LogP) is 3.33. The fraction of sp³-hybridized carbons (Fsp3) is 0.318. The molecule has 1 aromatic heterocycles. The zero-order valence-corrected chi connectivity index (χ0v) is 18.5. The highest BCUT2D eigenvalue weighted by molar-refractivity contribution is 9.10. The van der Waals surface area contributed by atoms with E-state index in [1.54, 1.807) is 11.2 Å². The number of carbonyl (C=O) groups excluding carboxylic acids is 1. The van der Waals surface area contributed by atoms with Gasteiger partial charge in [-0.05, 0) is 35.9 Å². The SMILES string of the molecule is O=C1NC(=NCCN2CCOCC2)C(c2cccc(Br)c2)N1c1ccc2nc[nH]c2c1. The maximum Gasteiger partial charge on any atom is 0.328 e. The number of ether oxygens (including phenoxy) is 1. The highest BCUT2D eigenvalue weighted by atomic mass is 79.9. The number of benzene rings is 2. The molecule has 1 unspecified atom stereocenters. The summed E-state index contributed by atoms with van der Waals surface area (Å²) in [6, 6.07) is 13.3. The molecule has 2 aliphatic rings. The average Bonchev–Trinajstić information content (AvgIpc) is 3.38. The van der Waals surface area contributed by atoms with Crippen molar-refractivity contribution >= 4 is 44.5 Å². The molecular formula is C22H23BrN6O2. The Kier molecular flexibility index (Phi) is 5.71. The molecule has 0 spiro atoms. The van der Waals surface area contributed by atoms with Gasteiger partial charge in [0.1, 0.15) is 11.9 Å². The molecular weight excluding hydrogens is 460 g/mol. The molecule has 160 valence electrons. The Morgan fingerprint density at radius 1 is 1.19 bits per heavy atom. The molecule has 0 bridgehead atoms. The molecule has 2 aliphatic heterocycles. The summed E-state index contributed by atoms with van der Waals surface area (Å²) in [4.78, 5) is 29.4. The molecule has 2 aromatic carbocycles. The molecule has 8 nitrogen and oxygen atoms in total. The molecule has 0 radical (unpaired) electrons. The van der Waals surface area contributed by atoms with E-state index in [2.05, 4.69) is 36.1 Å². The van der Waals surface area contributed by atoms with Crippen LogP contribution in [0.5, 0.6) is 0 Å². The Hall–Kier alpha value is -2.75. The van der Waals surface area contributed by atoms with E-state index in [-0.39, 0.29) is 12.1 Å². The highest BCUT2D eigenvalue weighted by Gasteiger charge is 2.39. The lowest BCUT2D eigenvalue weighted by Gasteiger charge is -2.26. The summed E-state index contributed by atoms with van der Waals surface area (Å²) in [5.74, 6) is 0.668. The largest absolute Gasteiger partial charge is 0.379 e. The van der Waals surface area contributed by atoms with E-state index in [9.17, 15) is 4.79 Å². The Bertz CT molecular complexity index is 1120. The predicted molar refractivity (Wildman–Crippen MR) is 124 cm³/mol. The van der Waals surface area contributed by atoms with Gasteiger partial charge in [-0.25, -0.2) is 9.78 Å². The van der Waals surface area contributed by atoms with E-state index in [1.165, 1.54) is 0 Å². The van der Waals surface area contributed by atoms with Gasteiger partial charge in [0.15, 0.2) is 0 Å². The molecule has 3 aromatic rings. The number of amides is 2. The monoisotopic (exact) mass is 482 g/mol. The van der Waals surface area contributed by atoms with Crippen LogP contribution in [0.4, 0.5) is 10.5 Å². The number of amidine groups is 1. The summed E-state index contributed by atoms with van der Waals surface area (Å²) in [5, 5.41) is 3.00. The Morgan fingerprint density at radius 3 is 2.90 bits per heavy atom. The van der Waals surface area contributed by atoms with E-state index in [0.29, 0.717) is 12.4 Å². The number of halogens is 1. The number of H-pyrrole nitrogens is 1. The number of aromatic nitrogens is 2. The smallest absolute Gasteiger partial charge is 0.328 e. The van der Waals surface area contributed by atoms with Crippen LogP contribution in [0.15, 0.2) is 58.3 Å². The van der Waals surface area contributed by atoms with Crippen LogP contribution in [-0.2, 0) is 4.74 Å². The van der Waals surface area contributed by atoms with Crippen LogP contribution in [0.1, 0.15) is 11.6 Å². The van der Waals surface area contributed by atoms with Gasteiger partial charge in [0.05, 0.1) is 37.1 Å². The maximum absolute atomic E-state index is 13.1. The molecule has 2 saturated heterocycles. The minimum Gasteiger partial charge on any atom is -0.379 e. The number of nitrogens with one attached hydrogen (secondary N) is 2. The van der Waals surface area contributed by atoms with Crippen molar-refractivity contribution < 1.29 is 9.53 Å². The normalized spacial score (nSPS) is 21.2. The van der Waals surface area contributed by atoms with Gasteiger partial charge >= 0.3 is 6.03 Å². The summed E-state index contributed by atoms with van der Waals surface area (Å²) in [6.07, 6.45) is 1.66. The zero-order valence-electron chi connectivity index (χ0n) is 16.9. The van der Waals surface area contributed by atoms with Gasteiger partial charge in [-0.3, -0.25) is 20.1 Å². The van der Waals surface area contributed by atoms with Gasteiger partial charge in [-0.2, -0.15) is 0 Å². The molecule has 2 fully saturated rings. The zero-order chi connectivity index (χ0) is 21.2. The fourth-order valence-corrected chi connectivity index (χ4v) is 4.48. The summed E-state index contributed by atoms with van der Waals surface area (Å²) in [5.41, 5.74) is 3.53. The third-order valence-electron chi connectivity index (χ3n) is 5.62. The minimum absolute atomic E-state index is 0.186. The van der Waals surface area contributed by atoms with Crippen molar-refractivity contribution in [2.75, 3.05) is 44.3 Å². The number of urea groups is 1. The van der Waals surface area contributed by atoms with Gasteiger partial charge < -0.3 is 9.72 Å². The first-order valence-electron chi connectivity index (χ1n) is 10.3. The Morgan fingerprint density at radius 2 is 2.06 bits per heavy atom. The number of morpholine rings is 1. The molecule has 1 atom stereocenters. The number of anilines is 1. The number of aromatic amines is 1. The summed E-state index contributed by atoms with van der Waals surface area (Å²) >= 11 is 3.56. The maximum atomic E-state index is 13.1. The Labute approximate surface area is 188 Å². The second-order valence-corrected chi connectivity index (χ2v) is 8.50. The molecule has 31 heavy (non-hydrogen) atoms. The van der Waals surface area contributed by atoms with Crippen LogP contribution in [0, 0.1) is 0 Å². The van der Waals surface area contributed by atoms with Gasteiger partial charge in [-0.1, -0.05) is 28.1 Å². The Balaban J connectivity index is 1.47. The molecule has 5 rings (SSSR count). The van der Waals surface area contributed by atoms with Crippen molar-refractivity contribution in [1.29, 1.82) is 0 Å². The van der Waals surface area contributed by atoms with Crippen LogP contribution < -0.4 is 10.2 Å². The molecule has 3 heterocycles. The summed E-state index contributed by atoms with van der Waals surface area (Å²) < 4.78 is 6.37. The molecule has 0 aliphatic carbocycles. The van der Waals surface area contributed by atoms with Crippen molar-refractivity contribution in [3.63, 3.8) is 0 Å². The molecule has 2 amide bonds. The van der Waals surface area contributed by atoms with Crippen LogP contribution in [0.25, 0.3) is 11.0 Å². The first kappa shape index (κ1) is 20.2. The van der Waals surface area contributed by atoms with Crippen molar-refractivity contribution in [1.82, 2.24) is 20.2 Å². The number of aliphatic imine (C=N–C) groups is 1. The van der Waals surface area contributed by atoms with Crippen molar-refractivity contribution in [3.05, 3.63) is 58.8 Å². The van der Waals surface area contributed by atoms with Gasteiger partial charge in [-0.15, -0.1) is 0 Å². The van der Waals surface area contributed by atoms with E-state index in [4.69, 9.17) is 9.73 Å². The molecule has 2 N–H and O–H groups in total. The van der Waals surface area contributed by atoms with E-state index < -0.39 is 0 Å². The lowest BCUT2D eigenvalue weighted by molar-refractivity contribution is 0.0394. The van der Waals surface area contributed by atoms with Crippen molar-refractivity contribution in [3.8, 4) is 0 Å². The van der Waals surface area contributed by atoms with E-state index in [1.807, 2.05) is 42.5 Å². The molecule has 0 saturated carbocycles. The minimum atomic E-state index is -0.324. The van der Waals surface area contributed by atoms with Gasteiger partial charge in [0, 0.05) is 29.8 Å². The van der Waals surface area contributed by atoms with Crippen LogP contribution in [0.3, 0.4) is 0 Å². The fourth-order valence-electron chi connectivity index (χ4n) is 4.06. The van der Waals surface area contributed by atoms with Crippen LogP contribution >= 0.6 is 15.9 Å². The number of nitrogens with zero attached hydrogens (tertiary/aromatic N) is 4. The van der Waals surface area contributed by atoms with E-state index in [0.717, 1.165) is 59.6 Å².